The zero-order chi connectivity index (χ0) is 12.8. The number of phenols is 1. The van der Waals surface area contributed by atoms with Gasteiger partial charge >= 0.3 is 0 Å². The Morgan fingerprint density at radius 3 is 3.11 bits per heavy atom. The molecule has 1 heterocycles. The molecule has 1 aromatic carbocycles. The van der Waals surface area contributed by atoms with Crippen molar-refractivity contribution in [2.24, 2.45) is 0 Å². The SMILES string of the molecule is COCCNCc1nc(-c2cccc(O)c2)no1. The van der Waals surface area contributed by atoms with Crippen molar-refractivity contribution in [1.29, 1.82) is 0 Å². The number of hydrogen-bond donors (Lipinski definition) is 2. The summed E-state index contributed by atoms with van der Waals surface area (Å²) < 4.78 is 10.0. The molecular weight excluding hydrogens is 234 g/mol. The summed E-state index contributed by atoms with van der Waals surface area (Å²) in [4.78, 5) is 4.23. The summed E-state index contributed by atoms with van der Waals surface area (Å²) in [7, 11) is 1.65. The van der Waals surface area contributed by atoms with Crippen LogP contribution in [0.15, 0.2) is 28.8 Å². The Hall–Kier alpha value is -1.92. The maximum Gasteiger partial charge on any atom is 0.240 e. The first-order chi connectivity index (χ1) is 8.79. The maximum absolute atomic E-state index is 9.37. The third kappa shape index (κ3) is 3.28. The van der Waals surface area contributed by atoms with E-state index in [-0.39, 0.29) is 5.75 Å². The summed E-state index contributed by atoms with van der Waals surface area (Å²) in [5.74, 6) is 1.15. The van der Waals surface area contributed by atoms with Gasteiger partial charge in [-0.3, -0.25) is 0 Å². The van der Waals surface area contributed by atoms with Crippen LogP contribution in [0.25, 0.3) is 11.4 Å². The summed E-state index contributed by atoms with van der Waals surface area (Å²) in [5, 5.41) is 16.3. The number of nitrogens with zero attached hydrogens (tertiary/aromatic N) is 2. The summed E-state index contributed by atoms with van der Waals surface area (Å²) in [6.45, 7) is 1.85. The second-order valence-electron chi connectivity index (χ2n) is 3.73. The van der Waals surface area contributed by atoms with E-state index in [0.717, 1.165) is 12.1 Å². The lowest BCUT2D eigenvalue weighted by molar-refractivity contribution is 0.197. The van der Waals surface area contributed by atoms with E-state index < -0.39 is 0 Å². The quantitative estimate of drug-likeness (QED) is 0.748. The van der Waals surface area contributed by atoms with Gasteiger partial charge in [0.15, 0.2) is 0 Å². The van der Waals surface area contributed by atoms with E-state index >= 15 is 0 Å². The summed E-state index contributed by atoms with van der Waals surface area (Å²) in [5.41, 5.74) is 0.724. The van der Waals surface area contributed by atoms with Crippen LogP contribution in [-0.2, 0) is 11.3 Å². The van der Waals surface area contributed by atoms with Gasteiger partial charge in [-0.15, -0.1) is 0 Å². The van der Waals surface area contributed by atoms with Crippen LogP contribution in [0.4, 0.5) is 0 Å². The van der Waals surface area contributed by atoms with Crippen LogP contribution in [0.3, 0.4) is 0 Å². The van der Waals surface area contributed by atoms with Gasteiger partial charge in [-0.05, 0) is 12.1 Å². The molecule has 6 heteroatoms. The average molecular weight is 249 g/mol. The van der Waals surface area contributed by atoms with Crippen molar-refractivity contribution in [3.8, 4) is 17.1 Å². The van der Waals surface area contributed by atoms with E-state index in [2.05, 4.69) is 15.5 Å². The Balaban J connectivity index is 1.97. The normalized spacial score (nSPS) is 10.7. The molecule has 0 amide bonds. The molecule has 0 fully saturated rings. The lowest BCUT2D eigenvalue weighted by Gasteiger charge is -1.98. The average Bonchev–Trinajstić information content (AvgIpc) is 2.83. The van der Waals surface area contributed by atoms with Gasteiger partial charge in [-0.25, -0.2) is 0 Å². The molecule has 0 bridgehead atoms. The first-order valence-corrected chi connectivity index (χ1v) is 5.61. The molecule has 96 valence electrons. The van der Waals surface area contributed by atoms with Gasteiger partial charge in [0.05, 0.1) is 13.2 Å². The van der Waals surface area contributed by atoms with Crippen LogP contribution in [0.5, 0.6) is 5.75 Å². The molecule has 2 N–H and O–H groups in total. The van der Waals surface area contributed by atoms with Crippen LogP contribution in [-0.4, -0.2) is 35.5 Å². The standard InChI is InChI=1S/C12H15N3O3/c1-17-6-5-13-8-11-14-12(15-18-11)9-3-2-4-10(16)7-9/h2-4,7,13,16H,5-6,8H2,1H3. The van der Waals surface area contributed by atoms with Gasteiger partial charge < -0.3 is 19.7 Å². The number of nitrogens with one attached hydrogen (secondary N) is 1. The summed E-state index contributed by atoms with van der Waals surface area (Å²) in [6, 6.07) is 6.73. The highest BCUT2D eigenvalue weighted by Crippen LogP contribution is 2.20. The molecule has 18 heavy (non-hydrogen) atoms. The third-order valence-corrected chi connectivity index (χ3v) is 2.33. The van der Waals surface area contributed by atoms with Crippen molar-refractivity contribution >= 4 is 0 Å². The molecule has 0 aliphatic rings. The zero-order valence-electron chi connectivity index (χ0n) is 10.1. The van der Waals surface area contributed by atoms with Gasteiger partial charge in [-0.1, -0.05) is 17.3 Å². The van der Waals surface area contributed by atoms with Gasteiger partial charge in [0, 0.05) is 19.2 Å². The van der Waals surface area contributed by atoms with E-state index in [1.165, 1.54) is 0 Å². The number of ether oxygens (including phenoxy) is 1. The van der Waals surface area contributed by atoms with Crippen LogP contribution < -0.4 is 5.32 Å². The number of aromatic nitrogens is 2. The smallest absolute Gasteiger partial charge is 0.240 e. The minimum Gasteiger partial charge on any atom is -0.508 e. The highest BCUT2D eigenvalue weighted by molar-refractivity contribution is 5.56. The number of aromatic hydroxyl groups is 1. The fourth-order valence-corrected chi connectivity index (χ4v) is 1.46. The number of rotatable bonds is 6. The lowest BCUT2D eigenvalue weighted by atomic mass is 10.2. The molecule has 2 rings (SSSR count). The van der Waals surface area contributed by atoms with Crippen molar-refractivity contribution in [3.05, 3.63) is 30.2 Å². The van der Waals surface area contributed by atoms with Gasteiger partial charge in [0.25, 0.3) is 0 Å². The van der Waals surface area contributed by atoms with E-state index in [4.69, 9.17) is 9.26 Å². The van der Waals surface area contributed by atoms with Gasteiger partial charge in [-0.2, -0.15) is 4.98 Å². The molecule has 0 spiro atoms. The largest absolute Gasteiger partial charge is 0.508 e. The minimum absolute atomic E-state index is 0.178. The Morgan fingerprint density at radius 2 is 2.33 bits per heavy atom. The Labute approximate surface area is 105 Å². The van der Waals surface area contributed by atoms with Crippen LogP contribution in [0.1, 0.15) is 5.89 Å². The molecule has 0 aliphatic carbocycles. The van der Waals surface area contributed by atoms with Crippen molar-refractivity contribution in [2.45, 2.75) is 6.54 Å². The van der Waals surface area contributed by atoms with Crippen molar-refractivity contribution in [1.82, 2.24) is 15.5 Å². The Morgan fingerprint density at radius 1 is 1.44 bits per heavy atom. The van der Waals surface area contributed by atoms with Gasteiger partial charge in [0.2, 0.25) is 11.7 Å². The molecule has 2 aromatic rings. The molecule has 0 atom stereocenters. The Bertz CT molecular complexity index is 499. The second kappa shape index (κ2) is 6.13. The highest BCUT2D eigenvalue weighted by atomic mass is 16.5. The van der Waals surface area contributed by atoms with Crippen molar-refractivity contribution in [2.75, 3.05) is 20.3 Å². The fraction of sp³-hybridized carbons (Fsp3) is 0.333. The summed E-state index contributed by atoms with van der Waals surface area (Å²) >= 11 is 0. The first-order valence-electron chi connectivity index (χ1n) is 5.61. The molecule has 0 saturated heterocycles. The van der Waals surface area contributed by atoms with Gasteiger partial charge in [0.1, 0.15) is 5.75 Å². The predicted octanol–water partition coefficient (Wildman–Crippen LogP) is 1.18. The lowest BCUT2D eigenvalue weighted by Crippen LogP contribution is -2.18. The number of hydrogen-bond acceptors (Lipinski definition) is 6. The topological polar surface area (TPSA) is 80.4 Å². The third-order valence-electron chi connectivity index (χ3n) is 2.33. The van der Waals surface area contributed by atoms with E-state index in [1.54, 1.807) is 25.3 Å². The fourth-order valence-electron chi connectivity index (χ4n) is 1.46. The van der Waals surface area contributed by atoms with Crippen LogP contribution in [0, 0.1) is 0 Å². The van der Waals surface area contributed by atoms with Crippen molar-refractivity contribution < 1.29 is 14.4 Å². The van der Waals surface area contributed by atoms with Crippen LogP contribution >= 0.6 is 0 Å². The van der Waals surface area contributed by atoms with E-state index in [9.17, 15) is 5.11 Å². The predicted molar refractivity (Wildman–Crippen MR) is 65.0 cm³/mol. The minimum atomic E-state index is 0.178. The van der Waals surface area contributed by atoms with E-state index in [0.29, 0.717) is 24.9 Å². The molecule has 0 radical (unpaired) electrons. The number of benzene rings is 1. The number of methoxy groups -OCH3 is 1. The van der Waals surface area contributed by atoms with Crippen LogP contribution in [0.2, 0.25) is 0 Å². The Kier molecular flexibility index (Phi) is 4.27. The molecule has 0 unspecified atom stereocenters. The maximum atomic E-state index is 9.37. The summed E-state index contributed by atoms with van der Waals surface area (Å²) in [6.07, 6.45) is 0. The monoisotopic (exact) mass is 249 g/mol. The zero-order valence-corrected chi connectivity index (χ0v) is 10.1. The molecule has 0 saturated carbocycles. The first kappa shape index (κ1) is 12.5. The van der Waals surface area contributed by atoms with Crippen molar-refractivity contribution in [3.63, 3.8) is 0 Å². The highest BCUT2D eigenvalue weighted by Gasteiger charge is 2.08. The molecule has 1 aromatic heterocycles. The molecular formula is C12H15N3O3. The number of phenolic OH excluding ortho intramolecular Hbond substituents is 1. The van der Waals surface area contributed by atoms with E-state index in [1.807, 2.05) is 6.07 Å². The second-order valence-corrected chi connectivity index (χ2v) is 3.73. The molecule has 6 nitrogen and oxygen atoms in total. The molecule has 0 aliphatic heterocycles.